The highest BCUT2D eigenvalue weighted by Gasteiger charge is 2.28. The maximum Gasteiger partial charge on any atom is 0.393 e. The van der Waals surface area contributed by atoms with Crippen LogP contribution in [0.1, 0.15) is 28.1 Å². The number of pyridine rings is 1. The third-order valence-electron chi connectivity index (χ3n) is 3.71. The molecule has 4 nitrogen and oxygen atoms in total. The molecule has 1 aromatic carbocycles. The van der Waals surface area contributed by atoms with Crippen molar-refractivity contribution in [3.8, 4) is 0 Å². The van der Waals surface area contributed by atoms with Gasteiger partial charge in [-0.2, -0.15) is 13.2 Å². The number of alkyl halides is 3. The zero-order valence-corrected chi connectivity index (χ0v) is 14.3. The molecule has 25 heavy (non-hydrogen) atoms. The molecule has 0 saturated carbocycles. The molecule has 0 atom stereocenters. The summed E-state index contributed by atoms with van der Waals surface area (Å²) in [6, 6.07) is 7.55. The zero-order valence-electron chi connectivity index (χ0n) is 14.3. The molecular formula is C18H20F3N3O. The van der Waals surface area contributed by atoms with Crippen LogP contribution in [0.2, 0.25) is 0 Å². The van der Waals surface area contributed by atoms with Crippen LogP contribution in [-0.4, -0.2) is 17.2 Å². The molecular weight excluding hydrogens is 331 g/mol. The largest absolute Gasteiger partial charge is 0.393 e. The lowest BCUT2D eigenvalue weighted by molar-refractivity contribution is -0.127. The summed E-state index contributed by atoms with van der Waals surface area (Å²) in [6.07, 6.45) is -5.31. The summed E-state index contributed by atoms with van der Waals surface area (Å²) in [7, 11) is 0. The number of carbonyl (C=O) groups is 1. The van der Waals surface area contributed by atoms with Crippen molar-refractivity contribution in [2.24, 2.45) is 0 Å². The van der Waals surface area contributed by atoms with E-state index >= 15 is 0 Å². The van der Waals surface area contributed by atoms with Crippen LogP contribution in [0.4, 0.5) is 23.7 Å². The second-order valence-corrected chi connectivity index (χ2v) is 5.91. The number of aryl methyl sites for hydroxylation is 3. The molecule has 1 aromatic heterocycles. The van der Waals surface area contributed by atoms with Gasteiger partial charge in [-0.1, -0.05) is 24.3 Å². The van der Waals surface area contributed by atoms with Crippen molar-refractivity contribution >= 4 is 11.7 Å². The third kappa shape index (κ3) is 5.48. The smallest absolute Gasteiger partial charge is 0.334 e. The standard InChI is InChI=1S/C18H20F3N3O/c1-11-8-12(2)23-13(3)16(11)24-17(25)22-10-15-7-5-4-6-14(15)9-18(19,20)21/h4-8H,9-10H2,1-3H3,(H2,22,24,25). The van der Waals surface area contributed by atoms with E-state index in [4.69, 9.17) is 0 Å². The molecule has 0 fully saturated rings. The second-order valence-electron chi connectivity index (χ2n) is 5.91. The number of halogens is 3. The molecule has 7 heteroatoms. The van der Waals surface area contributed by atoms with E-state index in [0.717, 1.165) is 11.3 Å². The van der Waals surface area contributed by atoms with E-state index in [9.17, 15) is 18.0 Å². The summed E-state index contributed by atoms with van der Waals surface area (Å²) in [6.45, 7) is 5.51. The number of aromatic nitrogens is 1. The Bertz CT molecular complexity index is 749. The minimum atomic E-state index is -4.29. The normalized spacial score (nSPS) is 11.3. The SMILES string of the molecule is Cc1cc(C)c(NC(=O)NCc2ccccc2CC(F)(F)F)c(C)n1. The van der Waals surface area contributed by atoms with Crippen LogP contribution in [0, 0.1) is 20.8 Å². The predicted molar refractivity (Wildman–Crippen MR) is 90.5 cm³/mol. The summed E-state index contributed by atoms with van der Waals surface area (Å²) < 4.78 is 37.9. The van der Waals surface area contributed by atoms with Crippen molar-refractivity contribution in [2.45, 2.75) is 39.9 Å². The molecule has 2 aromatic rings. The third-order valence-corrected chi connectivity index (χ3v) is 3.71. The number of hydrogen-bond acceptors (Lipinski definition) is 2. The van der Waals surface area contributed by atoms with Crippen molar-refractivity contribution < 1.29 is 18.0 Å². The highest BCUT2D eigenvalue weighted by Crippen LogP contribution is 2.23. The minimum Gasteiger partial charge on any atom is -0.334 e. The Hall–Kier alpha value is -2.57. The molecule has 0 radical (unpaired) electrons. The Labute approximate surface area is 144 Å². The highest BCUT2D eigenvalue weighted by atomic mass is 19.4. The van der Waals surface area contributed by atoms with Gasteiger partial charge in [-0.05, 0) is 43.5 Å². The number of hydrogen-bond donors (Lipinski definition) is 2. The van der Waals surface area contributed by atoms with Crippen molar-refractivity contribution in [1.29, 1.82) is 0 Å². The Morgan fingerprint density at radius 2 is 1.76 bits per heavy atom. The first-order valence-electron chi connectivity index (χ1n) is 7.79. The summed E-state index contributed by atoms with van der Waals surface area (Å²) in [4.78, 5) is 16.4. The lowest BCUT2D eigenvalue weighted by atomic mass is 10.0. The number of amides is 2. The molecule has 0 saturated heterocycles. The lowest BCUT2D eigenvalue weighted by Gasteiger charge is -2.15. The van der Waals surface area contributed by atoms with Crippen LogP contribution < -0.4 is 10.6 Å². The van der Waals surface area contributed by atoms with E-state index < -0.39 is 18.6 Å². The van der Waals surface area contributed by atoms with Gasteiger partial charge in [-0.3, -0.25) is 4.98 Å². The molecule has 134 valence electrons. The Morgan fingerprint density at radius 3 is 2.36 bits per heavy atom. The summed E-state index contributed by atoms with van der Waals surface area (Å²) in [5.41, 5.74) is 3.60. The number of rotatable bonds is 4. The summed E-state index contributed by atoms with van der Waals surface area (Å²) in [5.74, 6) is 0. The number of anilines is 1. The van der Waals surface area contributed by atoms with Gasteiger partial charge < -0.3 is 10.6 Å². The average molecular weight is 351 g/mol. The van der Waals surface area contributed by atoms with Crippen LogP contribution in [0.3, 0.4) is 0 Å². The number of benzene rings is 1. The quantitative estimate of drug-likeness (QED) is 0.856. The highest BCUT2D eigenvalue weighted by molar-refractivity contribution is 5.90. The monoisotopic (exact) mass is 351 g/mol. The Kier molecular flexibility index (Phi) is 5.66. The number of urea groups is 1. The van der Waals surface area contributed by atoms with Gasteiger partial charge in [0.05, 0.1) is 17.8 Å². The first kappa shape index (κ1) is 18.8. The van der Waals surface area contributed by atoms with E-state index in [-0.39, 0.29) is 12.1 Å². The van der Waals surface area contributed by atoms with Gasteiger partial charge in [-0.25, -0.2) is 4.79 Å². The van der Waals surface area contributed by atoms with E-state index in [2.05, 4.69) is 15.6 Å². The van der Waals surface area contributed by atoms with Gasteiger partial charge in [0.2, 0.25) is 0 Å². The first-order valence-corrected chi connectivity index (χ1v) is 7.79. The molecule has 2 rings (SSSR count). The van der Waals surface area contributed by atoms with Gasteiger partial charge in [0, 0.05) is 12.2 Å². The molecule has 2 N–H and O–H groups in total. The number of nitrogens with one attached hydrogen (secondary N) is 2. The molecule has 0 unspecified atom stereocenters. The number of nitrogens with zero attached hydrogens (tertiary/aromatic N) is 1. The molecule has 0 spiro atoms. The van der Waals surface area contributed by atoms with Gasteiger partial charge in [0.15, 0.2) is 0 Å². The fraction of sp³-hybridized carbons (Fsp3) is 0.333. The van der Waals surface area contributed by atoms with Gasteiger partial charge in [0.1, 0.15) is 0 Å². The first-order chi connectivity index (χ1) is 11.7. The van der Waals surface area contributed by atoms with Crippen molar-refractivity contribution in [3.63, 3.8) is 0 Å². The van der Waals surface area contributed by atoms with Crippen LogP contribution in [0.25, 0.3) is 0 Å². The van der Waals surface area contributed by atoms with Crippen molar-refractivity contribution in [3.05, 3.63) is 58.4 Å². The van der Waals surface area contributed by atoms with E-state index in [1.165, 1.54) is 6.07 Å². The topological polar surface area (TPSA) is 54.0 Å². The second kappa shape index (κ2) is 7.55. The molecule has 0 aliphatic carbocycles. The van der Waals surface area contributed by atoms with Crippen LogP contribution >= 0.6 is 0 Å². The van der Waals surface area contributed by atoms with Gasteiger partial charge in [-0.15, -0.1) is 0 Å². The predicted octanol–water partition coefficient (Wildman–Crippen LogP) is 4.43. The molecule has 0 aliphatic heterocycles. The van der Waals surface area contributed by atoms with Crippen molar-refractivity contribution in [2.75, 3.05) is 5.32 Å². The van der Waals surface area contributed by atoms with Crippen LogP contribution in [0.15, 0.2) is 30.3 Å². The average Bonchev–Trinajstić information content (AvgIpc) is 2.48. The lowest BCUT2D eigenvalue weighted by Crippen LogP contribution is -2.29. The van der Waals surface area contributed by atoms with Crippen molar-refractivity contribution in [1.82, 2.24) is 10.3 Å². The fourth-order valence-corrected chi connectivity index (χ4v) is 2.66. The Morgan fingerprint density at radius 1 is 1.12 bits per heavy atom. The zero-order chi connectivity index (χ0) is 18.6. The molecule has 1 heterocycles. The minimum absolute atomic E-state index is 0.00940. The fourth-order valence-electron chi connectivity index (χ4n) is 2.66. The van der Waals surface area contributed by atoms with Crippen LogP contribution in [0.5, 0.6) is 0 Å². The van der Waals surface area contributed by atoms with Crippen LogP contribution in [-0.2, 0) is 13.0 Å². The molecule has 0 bridgehead atoms. The number of carbonyl (C=O) groups excluding carboxylic acids is 1. The molecule has 2 amide bonds. The summed E-state index contributed by atoms with van der Waals surface area (Å²) in [5, 5.41) is 5.31. The van der Waals surface area contributed by atoms with E-state index in [1.807, 2.05) is 19.9 Å². The summed E-state index contributed by atoms with van der Waals surface area (Å²) >= 11 is 0. The Balaban J connectivity index is 2.04. The maximum atomic E-state index is 12.6. The molecule has 0 aliphatic rings. The maximum absolute atomic E-state index is 12.6. The van der Waals surface area contributed by atoms with E-state index in [0.29, 0.717) is 16.9 Å². The van der Waals surface area contributed by atoms with Gasteiger partial charge in [0.25, 0.3) is 0 Å². The van der Waals surface area contributed by atoms with E-state index in [1.54, 1.807) is 25.1 Å². The van der Waals surface area contributed by atoms with Gasteiger partial charge >= 0.3 is 12.2 Å².